The quantitative estimate of drug-likeness (QED) is 0.365. The molecule has 1 unspecified atom stereocenters. The van der Waals surface area contributed by atoms with Gasteiger partial charge in [0.1, 0.15) is 23.7 Å². The molecule has 2 fully saturated rings. The largest absolute Gasteiger partial charge is 0.369 e. The van der Waals surface area contributed by atoms with Gasteiger partial charge < -0.3 is 18.9 Å². The summed E-state index contributed by atoms with van der Waals surface area (Å²) in [6.07, 6.45) is -0.935. The Bertz CT molecular complexity index is 1000. The van der Waals surface area contributed by atoms with Crippen LogP contribution in [-0.2, 0) is 25.6 Å². The van der Waals surface area contributed by atoms with Gasteiger partial charge in [0.25, 0.3) is 0 Å². The minimum absolute atomic E-state index is 0.0603. The van der Waals surface area contributed by atoms with Gasteiger partial charge in [-0.15, -0.1) is 0 Å². The minimum Gasteiger partial charge on any atom is -0.369 e. The number of hydrogen-bond acceptors (Lipinski definition) is 6. The Labute approximate surface area is 210 Å². The van der Waals surface area contributed by atoms with E-state index >= 15 is 0 Å². The van der Waals surface area contributed by atoms with Crippen molar-refractivity contribution in [1.82, 2.24) is 0 Å². The molecule has 2 aliphatic rings. The van der Waals surface area contributed by atoms with Crippen molar-refractivity contribution in [3.8, 4) is 0 Å². The first-order valence-electron chi connectivity index (χ1n) is 11.8. The van der Waals surface area contributed by atoms with Gasteiger partial charge >= 0.3 is 0 Å². The lowest BCUT2D eigenvalue weighted by molar-refractivity contribution is -0.306. The molecule has 0 amide bonds. The molecule has 5 rings (SSSR count). The van der Waals surface area contributed by atoms with Crippen molar-refractivity contribution in [2.24, 2.45) is 0 Å². The highest BCUT2D eigenvalue weighted by Gasteiger charge is 2.50. The lowest BCUT2D eigenvalue weighted by Crippen LogP contribution is -2.60. The van der Waals surface area contributed by atoms with E-state index in [0.29, 0.717) is 13.2 Å². The Balaban J connectivity index is 1.41. The summed E-state index contributed by atoms with van der Waals surface area (Å²) < 4.78 is 26.0. The summed E-state index contributed by atoms with van der Waals surface area (Å²) in [4.78, 5) is 1.19. The van der Waals surface area contributed by atoms with Crippen LogP contribution in [0.1, 0.15) is 24.3 Å². The van der Waals surface area contributed by atoms with Crippen molar-refractivity contribution < 1.29 is 18.9 Å². The van der Waals surface area contributed by atoms with Crippen LogP contribution in [0.5, 0.6) is 0 Å². The number of hydrogen-bond donors (Lipinski definition) is 0. The van der Waals surface area contributed by atoms with Crippen LogP contribution in [0.2, 0.25) is 0 Å². The Morgan fingerprint density at radius 1 is 0.853 bits per heavy atom. The molecule has 0 radical (unpaired) electrons. The maximum atomic E-state index is 6.66. The third-order valence-corrected chi connectivity index (χ3v) is 8.58. The van der Waals surface area contributed by atoms with E-state index < -0.39 is 6.29 Å². The smallest absolute Gasteiger partial charge is 0.184 e. The van der Waals surface area contributed by atoms with Crippen molar-refractivity contribution in [2.45, 2.75) is 53.7 Å². The van der Waals surface area contributed by atoms with E-state index in [1.54, 1.807) is 11.8 Å². The van der Waals surface area contributed by atoms with Gasteiger partial charge in [0, 0.05) is 10.5 Å². The van der Waals surface area contributed by atoms with Crippen molar-refractivity contribution in [3.63, 3.8) is 0 Å². The molecule has 2 heterocycles. The minimum atomic E-state index is -0.417. The Hall–Kier alpha value is -1.80. The molecular weight excluding hydrogens is 464 g/mol. The van der Waals surface area contributed by atoms with E-state index in [4.69, 9.17) is 18.9 Å². The van der Waals surface area contributed by atoms with Gasteiger partial charge in [-0.05, 0) is 23.4 Å². The number of thioether (sulfide) groups is 2. The van der Waals surface area contributed by atoms with Crippen LogP contribution in [-0.4, -0.2) is 41.4 Å². The molecule has 0 N–H and O–H groups in total. The van der Waals surface area contributed by atoms with Gasteiger partial charge in [0.15, 0.2) is 6.29 Å². The Morgan fingerprint density at radius 3 is 2.24 bits per heavy atom. The predicted octanol–water partition coefficient (Wildman–Crippen LogP) is 6.32. The first-order chi connectivity index (χ1) is 16.8. The van der Waals surface area contributed by atoms with E-state index in [-0.39, 0.29) is 29.0 Å². The van der Waals surface area contributed by atoms with E-state index in [2.05, 4.69) is 43.3 Å². The number of ether oxygens (including phenoxy) is 4. The molecule has 178 valence electrons. The predicted molar refractivity (Wildman–Crippen MR) is 138 cm³/mol. The molecule has 0 aromatic heterocycles. The molecule has 0 bridgehead atoms. The molecule has 4 nitrogen and oxygen atoms in total. The molecule has 2 saturated heterocycles. The first-order valence-corrected chi connectivity index (χ1v) is 13.7. The van der Waals surface area contributed by atoms with Crippen LogP contribution in [0, 0.1) is 0 Å². The molecule has 0 aliphatic carbocycles. The third-order valence-electron chi connectivity index (χ3n) is 6.00. The van der Waals surface area contributed by atoms with Gasteiger partial charge in [-0.25, -0.2) is 0 Å². The highest BCUT2D eigenvalue weighted by molar-refractivity contribution is 8.03. The second-order valence-electron chi connectivity index (χ2n) is 8.33. The molecule has 3 aromatic rings. The van der Waals surface area contributed by atoms with Gasteiger partial charge in [-0.3, -0.25) is 0 Å². The van der Waals surface area contributed by atoms with Crippen LogP contribution < -0.4 is 0 Å². The second-order valence-corrected chi connectivity index (χ2v) is 11.0. The molecular formula is C28H30O4S2. The summed E-state index contributed by atoms with van der Waals surface area (Å²) in [6.45, 7) is 3.20. The SMILES string of the molecule is CCS[C@@H]1[C@@H](OCc2ccccc2)[C@@H]2OC(c3ccccc3)OC[C@H]2O[C@@H]1Sc1ccccc1. The topological polar surface area (TPSA) is 36.9 Å². The van der Waals surface area contributed by atoms with Crippen LogP contribution in [0.15, 0.2) is 95.9 Å². The first kappa shape index (κ1) is 23.9. The normalized spacial score (nSPS) is 28.9. The molecule has 6 heteroatoms. The Morgan fingerprint density at radius 2 is 1.53 bits per heavy atom. The maximum Gasteiger partial charge on any atom is 0.184 e. The van der Waals surface area contributed by atoms with Gasteiger partial charge in [0.2, 0.25) is 0 Å². The van der Waals surface area contributed by atoms with Crippen molar-refractivity contribution >= 4 is 23.5 Å². The number of rotatable bonds is 8. The van der Waals surface area contributed by atoms with Crippen molar-refractivity contribution in [1.29, 1.82) is 0 Å². The zero-order valence-corrected chi connectivity index (χ0v) is 20.8. The van der Waals surface area contributed by atoms with E-state index in [1.165, 1.54) is 4.90 Å². The molecule has 3 aromatic carbocycles. The number of fused-ring (bicyclic) bond motifs is 1. The standard InChI is InChI=1S/C28H30O4S2/c1-2-33-26-25(29-18-20-12-6-3-7-13-20)24-23(31-28(26)34-22-16-10-5-11-17-22)19-30-27(32-24)21-14-8-4-9-15-21/h3-17,23-28H,2,18-19H2,1H3/t23-,24-,25+,26-,27?,28-/m1/s1. The summed E-state index contributed by atoms with van der Waals surface area (Å²) in [5.74, 6) is 0.973. The van der Waals surface area contributed by atoms with Crippen LogP contribution in [0.4, 0.5) is 0 Å². The fourth-order valence-electron chi connectivity index (χ4n) is 4.38. The third kappa shape index (κ3) is 5.70. The van der Waals surface area contributed by atoms with E-state index in [0.717, 1.165) is 16.9 Å². The summed E-state index contributed by atoms with van der Waals surface area (Å²) in [5.41, 5.74) is 2.11. The van der Waals surface area contributed by atoms with Crippen LogP contribution >= 0.6 is 23.5 Å². The van der Waals surface area contributed by atoms with Gasteiger partial charge in [-0.1, -0.05) is 97.5 Å². The molecule has 34 heavy (non-hydrogen) atoms. The van der Waals surface area contributed by atoms with Crippen molar-refractivity contribution in [2.75, 3.05) is 12.4 Å². The summed E-state index contributed by atoms with van der Waals surface area (Å²) in [5, 5.41) is 0.120. The lowest BCUT2D eigenvalue weighted by atomic mass is 10.00. The average molecular weight is 495 g/mol. The fourth-order valence-corrected chi connectivity index (χ4v) is 6.88. The average Bonchev–Trinajstić information content (AvgIpc) is 2.90. The summed E-state index contributed by atoms with van der Waals surface area (Å²) in [7, 11) is 0. The molecule has 0 saturated carbocycles. The van der Waals surface area contributed by atoms with Gasteiger partial charge in [0.05, 0.1) is 18.5 Å². The lowest BCUT2D eigenvalue weighted by Gasteiger charge is -2.49. The monoisotopic (exact) mass is 494 g/mol. The summed E-state index contributed by atoms with van der Waals surface area (Å²) >= 11 is 3.64. The molecule has 6 atom stereocenters. The maximum absolute atomic E-state index is 6.66. The number of benzene rings is 3. The van der Waals surface area contributed by atoms with Gasteiger partial charge in [-0.2, -0.15) is 11.8 Å². The highest BCUT2D eigenvalue weighted by Crippen LogP contribution is 2.44. The zero-order valence-electron chi connectivity index (χ0n) is 19.2. The van der Waals surface area contributed by atoms with Crippen LogP contribution in [0.3, 0.4) is 0 Å². The zero-order chi connectivity index (χ0) is 23.2. The molecule has 2 aliphatic heterocycles. The van der Waals surface area contributed by atoms with E-state index in [1.807, 2.05) is 66.4 Å². The molecule has 0 spiro atoms. The Kier molecular flexibility index (Phi) is 8.27. The van der Waals surface area contributed by atoms with Crippen LogP contribution in [0.25, 0.3) is 0 Å². The highest BCUT2D eigenvalue weighted by atomic mass is 32.2. The summed E-state index contributed by atoms with van der Waals surface area (Å²) in [6, 6.07) is 30.9. The second kappa shape index (κ2) is 11.8. The van der Waals surface area contributed by atoms with Crippen molar-refractivity contribution in [3.05, 3.63) is 102 Å². The fraction of sp³-hybridized carbons (Fsp3) is 0.357. The van der Waals surface area contributed by atoms with E-state index in [9.17, 15) is 0 Å².